The van der Waals surface area contributed by atoms with Crippen molar-refractivity contribution >= 4 is 23.3 Å². The molecule has 6 heteroatoms. The lowest BCUT2D eigenvalue weighted by Crippen LogP contribution is -2.42. The Kier molecular flexibility index (Phi) is 5.13. The number of likely N-dealkylation sites (tertiary alicyclic amines) is 1. The molecule has 2 aromatic rings. The van der Waals surface area contributed by atoms with Gasteiger partial charge < -0.3 is 14.1 Å². The SMILES string of the molecule is COc1ccc(C(=O)N2CCCC(C(=O)c3ccc(Cl)cc3C)C2)o1. The summed E-state index contributed by atoms with van der Waals surface area (Å²) >= 11 is 5.97. The fourth-order valence-electron chi connectivity index (χ4n) is 3.20. The number of carbonyl (C=O) groups is 2. The number of benzene rings is 1. The molecule has 1 atom stereocenters. The van der Waals surface area contributed by atoms with E-state index < -0.39 is 0 Å². The molecule has 132 valence electrons. The zero-order valence-electron chi connectivity index (χ0n) is 14.3. The van der Waals surface area contributed by atoms with Gasteiger partial charge in [-0.2, -0.15) is 0 Å². The smallest absolute Gasteiger partial charge is 0.289 e. The number of ether oxygens (including phenoxy) is 1. The van der Waals surface area contributed by atoms with E-state index in [4.69, 9.17) is 20.8 Å². The van der Waals surface area contributed by atoms with E-state index in [1.807, 2.05) is 6.92 Å². The van der Waals surface area contributed by atoms with Crippen LogP contribution in [0.1, 0.15) is 39.3 Å². The van der Waals surface area contributed by atoms with Crippen molar-refractivity contribution in [2.75, 3.05) is 20.2 Å². The topological polar surface area (TPSA) is 59.8 Å². The number of ketones is 1. The fourth-order valence-corrected chi connectivity index (χ4v) is 3.43. The van der Waals surface area contributed by atoms with Gasteiger partial charge in [0.05, 0.1) is 7.11 Å². The van der Waals surface area contributed by atoms with Crippen molar-refractivity contribution in [3.05, 3.63) is 52.2 Å². The third-order valence-corrected chi connectivity index (χ3v) is 4.76. The maximum absolute atomic E-state index is 12.9. The van der Waals surface area contributed by atoms with Gasteiger partial charge in [-0.25, -0.2) is 0 Å². The van der Waals surface area contributed by atoms with E-state index in [9.17, 15) is 9.59 Å². The maximum atomic E-state index is 12.9. The Morgan fingerprint density at radius 3 is 2.76 bits per heavy atom. The number of piperidine rings is 1. The lowest BCUT2D eigenvalue weighted by molar-refractivity contribution is 0.0605. The van der Waals surface area contributed by atoms with Gasteiger partial charge in [0.15, 0.2) is 11.5 Å². The van der Waals surface area contributed by atoms with Crippen LogP contribution in [-0.2, 0) is 0 Å². The summed E-state index contributed by atoms with van der Waals surface area (Å²) in [6, 6.07) is 8.48. The third-order valence-electron chi connectivity index (χ3n) is 4.53. The lowest BCUT2D eigenvalue weighted by atomic mass is 9.88. The van der Waals surface area contributed by atoms with Gasteiger partial charge in [0.2, 0.25) is 0 Å². The highest BCUT2D eigenvalue weighted by Crippen LogP contribution is 2.26. The number of halogens is 1. The Hall–Kier alpha value is -2.27. The van der Waals surface area contributed by atoms with Gasteiger partial charge in [0.25, 0.3) is 11.9 Å². The van der Waals surface area contributed by atoms with E-state index in [1.165, 1.54) is 7.11 Å². The second kappa shape index (κ2) is 7.31. The van der Waals surface area contributed by atoms with Crippen LogP contribution >= 0.6 is 11.6 Å². The van der Waals surface area contributed by atoms with Gasteiger partial charge in [-0.05, 0) is 49.6 Å². The minimum absolute atomic E-state index is 0.0590. The summed E-state index contributed by atoms with van der Waals surface area (Å²) in [6.07, 6.45) is 1.55. The monoisotopic (exact) mass is 361 g/mol. The van der Waals surface area contributed by atoms with Crippen molar-refractivity contribution in [3.8, 4) is 5.95 Å². The number of furan rings is 1. The predicted molar refractivity (Wildman–Crippen MR) is 94.4 cm³/mol. The van der Waals surface area contributed by atoms with Crippen molar-refractivity contribution in [2.45, 2.75) is 19.8 Å². The third kappa shape index (κ3) is 3.71. The number of amides is 1. The molecule has 0 saturated carbocycles. The van der Waals surface area contributed by atoms with Crippen molar-refractivity contribution in [2.24, 2.45) is 5.92 Å². The van der Waals surface area contributed by atoms with E-state index >= 15 is 0 Å². The first-order valence-corrected chi connectivity index (χ1v) is 8.61. The Bertz CT molecular complexity index is 798. The predicted octanol–water partition coefficient (Wildman–Crippen LogP) is 3.99. The van der Waals surface area contributed by atoms with Gasteiger partial charge in [-0.15, -0.1) is 0 Å². The van der Waals surface area contributed by atoms with Gasteiger partial charge >= 0.3 is 0 Å². The normalized spacial score (nSPS) is 17.4. The second-order valence-corrected chi connectivity index (χ2v) is 6.67. The summed E-state index contributed by atoms with van der Waals surface area (Å²) in [4.78, 5) is 27.1. The molecule has 1 amide bonds. The molecule has 0 spiro atoms. The van der Waals surface area contributed by atoms with Crippen LogP contribution in [0.5, 0.6) is 5.95 Å². The van der Waals surface area contributed by atoms with Crippen LogP contribution in [0.15, 0.2) is 34.7 Å². The van der Waals surface area contributed by atoms with Crippen LogP contribution in [0, 0.1) is 12.8 Å². The first kappa shape index (κ1) is 17.5. The number of rotatable bonds is 4. The number of Topliss-reactive ketones (excluding diaryl/α,β-unsaturated/α-hetero) is 1. The molecular formula is C19H20ClNO4. The standard InChI is InChI=1S/C19H20ClNO4/c1-12-10-14(20)5-6-15(12)18(22)13-4-3-9-21(11-13)19(23)16-7-8-17(24-2)25-16/h5-8,10,13H,3-4,9,11H2,1-2H3. The van der Waals surface area contributed by atoms with Crippen LogP contribution in [0.4, 0.5) is 0 Å². The molecule has 3 rings (SSSR count). The first-order chi connectivity index (χ1) is 12.0. The highest BCUT2D eigenvalue weighted by molar-refractivity contribution is 6.30. The largest absolute Gasteiger partial charge is 0.468 e. The van der Waals surface area contributed by atoms with E-state index in [0.717, 1.165) is 18.4 Å². The molecule has 2 heterocycles. The fraction of sp³-hybridized carbons (Fsp3) is 0.368. The molecule has 1 fully saturated rings. The van der Waals surface area contributed by atoms with Crippen LogP contribution in [0.2, 0.25) is 5.02 Å². The molecule has 25 heavy (non-hydrogen) atoms. The Labute approximate surface area is 151 Å². The summed E-state index contributed by atoms with van der Waals surface area (Å²) in [6.45, 7) is 2.88. The van der Waals surface area contributed by atoms with E-state index in [1.54, 1.807) is 35.2 Å². The second-order valence-electron chi connectivity index (χ2n) is 6.24. The number of nitrogens with zero attached hydrogens (tertiary/aromatic N) is 1. The minimum atomic E-state index is -0.214. The van der Waals surface area contributed by atoms with Crippen molar-refractivity contribution in [1.82, 2.24) is 4.90 Å². The van der Waals surface area contributed by atoms with Crippen molar-refractivity contribution in [3.63, 3.8) is 0 Å². The quantitative estimate of drug-likeness (QED) is 0.773. The van der Waals surface area contributed by atoms with Crippen LogP contribution in [-0.4, -0.2) is 36.8 Å². The Morgan fingerprint density at radius 2 is 2.08 bits per heavy atom. The molecule has 0 bridgehead atoms. The summed E-state index contributed by atoms with van der Waals surface area (Å²) in [5.74, 6) is 0.157. The van der Waals surface area contributed by atoms with Gasteiger partial charge in [0.1, 0.15) is 0 Å². The van der Waals surface area contributed by atoms with Crippen LogP contribution in [0.3, 0.4) is 0 Å². The molecule has 0 radical (unpaired) electrons. The molecule has 1 saturated heterocycles. The zero-order valence-corrected chi connectivity index (χ0v) is 15.0. The van der Waals surface area contributed by atoms with Gasteiger partial charge in [0, 0.05) is 35.7 Å². The zero-order chi connectivity index (χ0) is 18.0. The van der Waals surface area contributed by atoms with Crippen LogP contribution < -0.4 is 4.74 Å². The summed E-state index contributed by atoms with van der Waals surface area (Å²) in [7, 11) is 1.48. The van der Waals surface area contributed by atoms with E-state index in [-0.39, 0.29) is 23.4 Å². The summed E-state index contributed by atoms with van der Waals surface area (Å²) < 4.78 is 10.3. The minimum Gasteiger partial charge on any atom is -0.468 e. The number of carbonyl (C=O) groups excluding carboxylic acids is 2. The van der Waals surface area contributed by atoms with E-state index in [0.29, 0.717) is 29.6 Å². The molecule has 0 aliphatic carbocycles. The van der Waals surface area contributed by atoms with Gasteiger partial charge in [-0.3, -0.25) is 9.59 Å². The van der Waals surface area contributed by atoms with E-state index in [2.05, 4.69) is 0 Å². The number of methoxy groups -OCH3 is 1. The molecule has 1 aliphatic heterocycles. The average molecular weight is 362 g/mol. The Morgan fingerprint density at radius 1 is 1.28 bits per heavy atom. The van der Waals surface area contributed by atoms with Crippen molar-refractivity contribution in [1.29, 1.82) is 0 Å². The molecule has 1 aromatic carbocycles. The molecule has 1 aromatic heterocycles. The summed E-state index contributed by atoms with van der Waals surface area (Å²) in [5, 5.41) is 0.612. The summed E-state index contributed by atoms with van der Waals surface area (Å²) in [5.41, 5.74) is 1.53. The number of aryl methyl sites for hydroxylation is 1. The first-order valence-electron chi connectivity index (χ1n) is 8.23. The molecule has 5 nitrogen and oxygen atoms in total. The molecule has 1 aliphatic rings. The Balaban J connectivity index is 1.74. The maximum Gasteiger partial charge on any atom is 0.289 e. The van der Waals surface area contributed by atoms with Gasteiger partial charge in [-0.1, -0.05) is 11.6 Å². The van der Waals surface area contributed by atoms with Crippen LogP contribution in [0.25, 0.3) is 0 Å². The highest BCUT2D eigenvalue weighted by Gasteiger charge is 2.31. The van der Waals surface area contributed by atoms with Crippen molar-refractivity contribution < 1.29 is 18.7 Å². The molecular weight excluding hydrogens is 342 g/mol. The highest BCUT2D eigenvalue weighted by atomic mass is 35.5. The number of hydrogen-bond donors (Lipinski definition) is 0. The molecule has 1 unspecified atom stereocenters. The average Bonchev–Trinajstić information content (AvgIpc) is 3.10. The lowest BCUT2D eigenvalue weighted by Gasteiger charge is -2.31. The number of hydrogen-bond acceptors (Lipinski definition) is 4. The molecule has 0 N–H and O–H groups in total.